The Morgan fingerprint density at radius 3 is 0.972 bits per heavy atom. The maximum absolute atomic E-state index is 13.5. The summed E-state index contributed by atoms with van der Waals surface area (Å²) >= 11 is 0. The summed E-state index contributed by atoms with van der Waals surface area (Å²) in [6.07, 6.45) is 65.4. The summed E-state index contributed by atoms with van der Waals surface area (Å²) in [5, 5.41) is 121. The van der Waals surface area contributed by atoms with Gasteiger partial charge in [0.1, 0.15) is 73.2 Å². The lowest BCUT2D eigenvalue weighted by Crippen LogP contribution is -2.66. The lowest BCUT2D eigenvalue weighted by atomic mass is 9.96. The summed E-state index contributed by atoms with van der Waals surface area (Å²) in [4.78, 5) is 13.5. The fraction of sp³-hybridized carbons (Fsp3) is 0.878. The third kappa shape index (κ3) is 48.6. The quantitative estimate of drug-likeness (QED) is 0.0199. The van der Waals surface area contributed by atoms with Crippen LogP contribution in [0.5, 0.6) is 0 Å². The van der Waals surface area contributed by atoms with Crippen molar-refractivity contribution in [2.24, 2.45) is 0 Å². The molecule has 3 aliphatic heterocycles. The minimum absolute atomic E-state index is 0.235. The zero-order valence-corrected chi connectivity index (χ0v) is 68.8. The van der Waals surface area contributed by atoms with Crippen molar-refractivity contribution in [2.45, 2.75) is 478 Å². The maximum Gasteiger partial charge on any atom is 0.220 e. The van der Waals surface area contributed by atoms with E-state index in [1.807, 2.05) is 6.08 Å². The van der Waals surface area contributed by atoms with Gasteiger partial charge in [0.25, 0.3) is 0 Å². The van der Waals surface area contributed by atoms with Gasteiger partial charge in [-0.25, -0.2) is 0 Å². The number of aliphatic hydroxyl groups excluding tert-OH is 11. The maximum atomic E-state index is 13.5. The second kappa shape index (κ2) is 69.8. The zero-order valence-electron chi connectivity index (χ0n) is 68.8. The van der Waals surface area contributed by atoms with Crippen molar-refractivity contribution in [2.75, 3.05) is 26.4 Å². The summed E-state index contributed by atoms with van der Waals surface area (Å²) in [6, 6.07) is -0.998. The van der Waals surface area contributed by atoms with Crippen LogP contribution >= 0.6 is 0 Å². The summed E-state index contributed by atoms with van der Waals surface area (Å²) in [6.45, 7) is 1.75. The number of allylic oxidation sites excluding steroid dienone is 9. The Hall–Kier alpha value is -2.51. The largest absolute Gasteiger partial charge is 0.394 e. The van der Waals surface area contributed by atoms with Crippen molar-refractivity contribution >= 4 is 5.91 Å². The van der Waals surface area contributed by atoms with E-state index >= 15 is 0 Å². The van der Waals surface area contributed by atoms with Crippen molar-refractivity contribution in [1.82, 2.24) is 5.32 Å². The highest BCUT2D eigenvalue weighted by molar-refractivity contribution is 5.76. The molecule has 109 heavy (non-hydrogen) atoms. The van der Waals surface area contributed by atoms with Crippen LogP contribution < -0.4 is 5.32 Å². The van der Waals surface area contributed by atoms with Gasteiger partial charge in [0.05, 0.1) is 38.6 Å². The number of rotatable bonds is 73. The van der Waals surface area contributed by atoms with Crippen LogP contribution in [0.2, 0.25) is 0 Å². The first-order valence-electron chi connectivity index (χ1n) is 45.0. The molecule has 638 valence electrons. The van der Waals surface area contributed by atoms with Gasteiger partial charge < -0.3 is 89.9 Å². The number of carbonyl (C=O) groups excluding carboxylic acids is 1. The number of aliphatic hydroxyl groups is 11. The Morgan fingerprint density at radius 1 is 0.330 bits per heavy atom. The first-order chi connectivity index (χ1) is 53.3. The van der Waals surface area contributed by atoms with E-state index in [1.54, 1.807) is 6.08 Å². The Kier molecular flexibility index (Phi) is 64.4. The third-order valence-electron chi connectivity index (χ3n) is 22.3. The van der Waals surface area contributed by atoms with Crippen LogP contribution in [0.1, 0.15) is 373 Å². The summed E-state index contributed by atoms with van der Waals surface area (Å²) < 4.78 is 34.5. The number of unbranched alkanes of at least 4 members (excludes halogenated alkanes) is 49. The molecule has 0 bridgehead atoms. The number of hydrogen-bond acceptors (Lipinski definition) is 18. The van der Waals surface area contributed by atoms with E-state index in [-0.39, 0.29) is 18.9 Å². The highest BCUT2D eigenvalue weighted by Crippen LogP contribution is 2.34. The number of amides is 1. The minimum Gasteiger partial charge on any atom is -0.394 e. The zero-order chi connectivity index (χ0) is 78.8. The normalized spacial score (nSPS) is 25.5. The molecule has 3 rings (SSSR count). The molecule has 0 aromatic rings. The molecule has 3 fully saturated rings. The molecule has 3 saturated heterocycles. The van der Waals surface area contributed by atoms with Gasteiger partial charge in [-0.15, -0.1) is 0 Å². The van der Waals surface area contributed by atoms with E-state index < -0.39 is 124 Å². The van der Waals surface area contributed by atoms with E-state index in [9.17, 15) is 61.0 Å². The van der Waals surface area contributed by atoms with E-state index in [1.165, 1.54) is 289 Å². The molecule has 12 N–H and O–H groups in total. The van der Waals surface area contributed by atoms with Crippen molar-refractivity contribution in [3.63, 3.8) is 0 Å². The number of nitrogens with one attached hydrogen (secondary N) is 1. The minimum atomic E-state index is -1.98. The molecule has 0 radical (unpaired) electrons. The second-order valence-corrected chi connectivity index (χ2v) is 32.0. The third-order valence-corrected chi connectivity index (χ3v) is 22.3. The molecule has 17 atom stereocenters. The number of ether oxygens (including phenoxy) is 6. The SMILES string of the molecule is CCCCCCC/C=C\C/C=C\CCCCCCCCCCCCCCCCCCCCCCCCCCCCCCCC(=O)NC(COC1OC(CO)C(OC2OC(CO)C(OC3OC(CO)C(O)C(O)C3O)C(O)C2O)C(O)C1O)C(O)/C=C/CC/C=C/CC/C=C/CCCCCCCCCCCCCCC. The van der Waals surface area contributed by atoms with Gasteiger partial charge in [-0.2, -0.15) is 0 Å². The van der Waals surface area contributed by atoms with Crippen LogP contribution in [-0.4, -0.2) is 193 Å². The highest BCUT2D eigenvalue weighted by Gasteiger charge is 2.54. The molecule has 0 aromatic heterocycles. The van der Waals surface area contributed by atoms with Gasteiger partial charge in [0.2, 0.25) is 5.91 Å². The van der Waals surface area contributed by atoms with Crippen LogP contribution in [-0.2, 0) is 33.2 Å². The molecular formula is C90H165NO18. The predicted molar refractivity (Wildman–Crippen MR) is 439 cm³/mol. The van der Waals surface area contributed by atoms with E-state index in [0.29, 0.717) is 12.8 Å². The molecular weight excluding hydrogens is 1380 g/mol. The fourth-order valence-corrected chi connectivity index (χ4v) is 15.1. The molecule has 3 heterocycles. The highest BCUT2D eigenvalue weighted by atomic mass is 16.8. The van der Waals surface area contributed by atoms with Gasteiger partial charge in [0, 0.05) is 6.42 Å². The van der Waals surface area contributed by atoms with Crippen molar-refractivity contribution in [3.8, 4) is 0 Å². The van der Waals surface area contributed by atoms with E-state index in [2.05, 4.69) is 67.8 Å². The van der Waals surface area contributed by atoms with Gasteiger partial charge in [-0.1, -0.05) is 351 Å². The summed E-state index contributed by atoms with van der Waals surface area (Å²) in [5.74, 6) is -0.283. The topological polar surface area (TPSA) is 307 Å². The molecule has 19 nitrogen and oxygen atoms in total. The molecule has 0 aliphatic carbocycles. The molecule has 0 aromatic carbocycles. The van der Waals surface area contributed by atoms with Crippen molar-refractivity contribution in [3.05, 3.63) is 60.8 Å². The molecule has 0 saturated carbocycles. The second-order valence-electron chi connectivity index (χ2n) is 32.0. The predicted octanol–water partition coefficient (Wildman–Crippen LogP) is 17.0. The monoisotopic (exact) mass is 1550 g/mol. The van der Waals surface area contributed by atoms with E-state index in [0.717, 1.165) is 51.4 Å². The summed E-state index contributed by atoms with van der Waals surface area (Å²) in [5.41, 5.74) is 0. The van der Waals surface area contributed by atoms with Crippen LogP contribution in [0.4, 0.5) is 0 Å². The van der Waals surface area contributed by atoms with Gasteiger partial charge in [-0.05, 0) is 77.0 Å². The Balaban J connectivity index is 1.30. The average molecular weight is 1550 g/mol. The smallest absolute Gasteiger partial charge is 0.220 e. The lowest BCUT2D eigenvalue weighted by Gasteiger charge is -2.48. The van der Waals surface area contributed by atoms with Crippen LogP contribution in [0.25, 0.3) is 0 Å². The van der Waals surface area contributed by atoms with Crippen LogP contribution in [0.15, 0.2) is 60.8 Å². The first kappa shape index (κ1) is 101. The van der Waals surface area contributed by atoms with Gasteiger partial charge >= 0.3 is 0 Å². The molecule has 19 heteroatoms. The fourth-order valence-electron chi connectivity index (χ4n) is 15.1. The molecule has 1 amide bonds. The average Bonchev–Trinajstić information content (AvgIpc) is 0.760. The van der Waals surface area contributed by atoms with Crippen LogP contribution in [0, 0.1) is 0 Å². The van der Waals surface area contributed by atoms with Gasteiger partial charge in [-0.3, -0.25) is 4.79 Å². The Labute approximate surface area is 662 Å². The number of carbonyl (C=O) groups is 1. The first-order valence-corrected chi connectivity index (χ1v) is 45.0. The summed E-state index contributed by atoms with van der Waals surface area (Å²) in [7, 11) is 0. The Morgan fingerprint density at radius 2 is 0.615 bits per heavy atom. The number of hydrogen-bond donors (Lipinski definition) is 12. The van der Waals surface area contributed by atoms with Gasteiger partial charge in [0.15, 0.2) is 18.9 Å². The van der Waals surface area contributed by atoms with Crippen LogP contribution in [0.3, 0.4) is 0 Å². The lowest BCUT2D eigenvalue weighted by molar-refractivity contribution is -0.379. The molecule has 0 spiro atoms. The van der Waals surface area contributed by atoms with E-state index in [4.69, 9.17) is 28.4 Å². The van der Waals surface area contributed by atoms with Crippen molar-refractivity contribution < 1.29 is 89.4 Å². The standard InChI is InChI=1S/C90H165NO18/c1-3-5-7-9-11-13-15-17-19-21-23-25-27-28-29-30-31-32-33-34-35-36-37-38-39-40-41-42-43-44-46-48-50-52-54-56-58-60-62-64-66-68-78(96)91-73(74(95)67-65-63-61-59-57-55-53-51-49-47-45-26-24-22-20-18-16-14-12-10-8-6-4-2)72-104-88-84(102)81(99)86(76(70-93)106-88)109-90-85(103)82(100)87(77(71-94)107-90)108-89-83(101)80(98)79(97)75(69-92)105-89/h15,17,21,23,49,51,57,59,65,67,73-77,79-90,92-95,97-103H,3-14,16,18-20,22,24-48,50,52-56,58,60-64,66,68-72H2,1-2H3,(H,91,96)/b17-15-,23-21-,51-49+,59-57+,67-65+. The molecule has 3 aliphatic rings. The van der Waals surface area contributed by atoms with Crippen molar-refractivity contribution in [1.29, 1.82) is 0 Å². The molecule has 17 unspecified atom stereocenters. The Bertz CT molecular complexity index is 2200.